The van der Waals surface area contributed by atoms with Crippen molar-refractivity contribution in [3.05, 3.63) is 23.8 Å². The molecular formula is C13H20N2O4S. The topological polar surface area (TPSA) is 98.5 Å². The maximum atomic E-state index is 12.0. The fraction of sp³-hybridized carbons (Fsp3) is 0.462. The van der Waals surface area contributed by atoms with Crippen molar-refractivity contribution in [3.8, 4) is 5.75 Å². The minimum atomic E-state index is -3.95. The number of rotatable bonds is 4. The van der Waals surface area contributed by atoms with Gasteiger partial charge in [0.25, 0.3) is 5.91 Å². The Labute approximate surface area is 119 Å². The molecule has 6 nitrogen and oxygen atoms in total. The first-order valence-corrected chi connectivity index (χ1v) is 7.58. The van der Waals surface area contributed by atoms with Crippen LogP contribution in [-0.4, -0.2) is 28.0 Å². The van der Waals surface area contributed by atoms with E-state index in [-0.39, 0.29) is 27.5 Å². The molecule has 3 N–H and O–H groups in total. The number of benzene rings is 1. The number of hydrogen-bond acceptors (Lipinski definition) is 4. The molecule has 20 heavy (non-hydrogen) atoms. The van der Waals surface area contributed by atoms with Crippen molar-refractivity contribution in [2.75, 3.05) is 13.7 Å². The molecule has 1 rings (SSSR count). The number of nitrogens with two attached hydrogens (primary N) is 1. The Hall–Kier alpha value is -1.60. The van der Waals surface area contributed by atoms with Crippen LogP contribution >= 0.6 is 0 Å². The Morgan fingerprint density at radius 3 is 2.40 bits per heavy atom. The molecule has 1 aromatic rings. The van der Waals surface area contributed by atoms with Gasteiger partial charge in [-0.05, 0) is 23.6 Å². The smallest absolute Gasteiger partial charge is 0.251 e. The van der Waals surface area contributed by atoms with E-state index in [4.69, 9.17) is 9.88 Å². The SMILES string of the molecule is COc1ccc(C(=O)NCC(C)(C)C)cc1S(N)(=O)=O. The number of hydrogen-bond donors (Lipinski definition) is 2. The summed E-state index contributed by atoms with van der Waals surface area (Å²) in [5, 5.41) is 7.85. The molecule has 0 heterocycles. The summed E-state index contributed by atoms with van der Waals surface area (Å²) in [4.78, 5) is 11.8. The molecule has 0 unspecified atom stereocenters. The number of carbonyl (C=O) groups excluding carboxylic acids is 1. The number of nitrogens with one attached hydrogen (secondary N) is 1. The standard InChI is InChI=1S/C13H20N2O4S/c1-13(2,3)8-15-12(16)9-5-6-10(19-4)11(7-9)20(14,17)18/h5-7H,8H2,1-4H3,(H,15,16)(H2,14,17,18). The second kappa shape index (κ2) is 5.80. The Bertz CT molecular complexity index is 603. The summed E-state index contributed by atoms with van der Waals surface area (Å²) in [7, 11) is -2.61. The van der Waals surface area contributed by atoms with Crippen LogP contribution in [-0.2, 0) is 10.0 Å². The lowest BCUT2D eigenvalue weighted by Gasteiger charge is -2.19. The number of amides is 1. The van der Waals surface area contributed by atoms with E-state index in [2.05, 4.69) is 5.32 Å². The second-order valence-corrected chi connectivity index (χ2v) is 7.18. The second-order valence-electron chi connectivity index (χ2n) is 5.65. The molecule has 0 aliphatic carbocycles. The average molecular weight is 300 g/mol. The molecule has 0 fully saturated rings. The maximum Gasteiger partial charge on any atom is 0.251 e. The third kappa shape index (κ3) is 4.50. The summed E-state index contributed by atoms with van der Waals surface area (Å²) < 4.78 is 27.9. The summed E-state index contributed by atoms with van der Waals surface area (Å²) in [5.41, 5.74) is 0.157. The molecule has 0 saturated heterocycles. The lowest BCUT2D eigenvalue weighted by molar-refractivity contribution is 0.0939. The number of ether oxygens (including phenoxy) is 1. The van der Waals surface area contributed by atoms with E-state index >= 15 is 0 Å². The molecule has 0 bridgehead atoms. The van der Waals surface area contributed by atoms with Gasteiger partial charge in [0.05, 0.1) is 7.11 Å². The Kier molecular flexibility index (Phi) is 4.77. The fourth-order valence-electron chi connectivity index (χ4n) is 1.49. The van der Waals surface area contributed by atoms with Gasteiger partial charge < -0.3 is 10.1 Å². The number of carbonyl (C=O) groups is 1. The van der Waals surface area contributed by atoms with Crippen molar-refractivity contribution in [1.29, 1.82) is 0 Å². The van der Waals surface area contributed by atoms with Gasteiger partial charge >= 0.3 is 0 Å². The highest BCUT2D eigenvalue weighted by atomic mass is 32.2. The minimum absolute atomic E-state index is 0.0646. The molecule has 1 aromatic carbocycles. The third-order valence-corrected chi connectivity index (χ3v) is 3.44. The van der Waals surface area contributed by atoms with Gasteiger partial charge in [0.2, 0.25) is 10.0 Å². The number of primary sulfonamides is 1. The average Bonchev–Trinajstić information content (AvgIpc) is 2.33. The summed E-state index contributed by atoms with van der Waals surface area (Å²) >= 11 is 0. The maximum absolute atomic E-state index is 12.0. The monoisotopic (exact) mass is 300 g/mol. The van der Waals surface area contributed by atoms with Gasteiger partial charge in [0.15, 0.2) is 0 Å². The van der Waals surface area contributed by atoms with Crippen LogP contribution in [0.3, 0.4) is 0 Å². The molecule has 0 aromatic heterocycles. The largest absolute Gasteiger partial charge is 0.495 e. The number of methoxy groups -OCH3 is 1. The summed E-state index contributed by atoms with van der Waals surface area (Å²) in [5.74, 6) is -0.243. The first-order chi connectivity index (χ1) is 9.04. The van der Waals surface area contributed by atoms with E-state index in [0.29, 0.717) is 6.54 Å². The summed E-state index contributed by atoms with van der Waals surface area (Å²) in [6.07, 6.45) is 0. The lowest BCUT2D eigenvalue weighted by Crippen LogP contribution is -2.32. The third-order valence-electron chi connectivity index (χ3n) is 2.51. The Morgan fingerprint density at radius 1 is 1.35 bits per heavy atom. The van der Waals surface area contributed by atoms with E-state index in [1.54, 1.807) is 0 Å². The van der Waals surface area contributed by atoms with Crippen LogP contribution in [0.5, 0.6) is 5.75 Å². The van der Waals surface area contributed by atoms with Crippen LogP contribution in [0.4, 0.5) is 0 Å². The van der Waals surface area contributed by atoms with E-state index in [9.17, 15) is 13.2 Å². The van der Waals surface area contributed by atoms with Gasteiger partial charge in [-0.3, -0.25) is 4.79 Å². The van der Waals surface area contributed by atoms with Crippen molar-refractivity contribution in [1.82, 2.24) is 5.32 Å². The predicted octanol–water partition coefficient (Wildman–Crippen LogP) is 1.12. The highest BCUT2D eigenvalue weighted by Crippen LogP contribution is 2.23. The number of sulfonamides is 1. The summed E-state index contributed by atoms with van der Waals surface area (Å²) in [6, 6.07) is 4.11. The normalized spacial score (nSPS) is 12.1. The zero-order valence-corrected chi connectivity index (χ0v) is 12.9. The highest BCUT2D eigenvalue weighted by Gasteiger charge is 2.19. The zero-order chi connectivity index (χ0) is 15.6. The highest BCUT2D eigenvalue weighted by molar-refractivity contribution is 7.89. The first kappa shape index (κ1) is 16.5. The molecule has 0 spiro atoms. The molecule has 0 saturated carbocycles. The van der Waals surface area contributed by atoms with Crippen LogP contribution in [0.15, 0.2) is 23.1 Å². The Balaban J connectivity index is 3.07. The van der Waals surface area contributed by atoms with Crippen LogP contribution in [0.25, 0.3) is 0 Å². The quantitative estimate of drug-likeness (QED) is 0.870. The van der Waals surface area contributed by atoms with Crippen LogP contribution in [0, 0.1) is 5.41 Å². The van der Waals surface area contributed by atoms with Gasteiger partial charge in [-0.15, -0.1) is 0 Å². The van der Waals surface area contributed by atoms with Crippen molar-refractivity contribution in [2.24, 2.45) is 10.6 Å². The van der Waals surface area contributed by atoms with Gasteiger partial charge in [0.1, 0.15) is 10.6 Å². The van der Waals surface area contributed by atoms with Gasteiger partial charge in [0, 0.05) is 12.1 Å². The molecular weight excluding hydrogens is 280 g/mol. The Morgan fingerprint density at radius 2 is 1.95 bits per heavy atom. The zero-order valence-electron chi connectivity index (χ0n) is 12.1. The molecule has 1 amide bonds. The lowest BCUT2D eigenvalue weighted by atomic mass is 9.97. The van der Waals surface area contributed by atoms with Crippen LogP contribution in [0.1, 0.15) is 31.1 Å². The van der Waals surface area contributed by atoms with Crippen LogP contribution < -0.4 is 15.2 Å². The van der Waals surface area contributed by atoms with Gasteiger partial charge in [-0.1, -0.05) is 20.8 Å². The van der Waals surface area contributed by atoms with Crippen molar-refractivity contribution in [3.63, 3.8) is 0 Å². The van der Waals surface area contributed by atoms with E-state index < -0.39 is 10.0 Å². The molecule has 0 aliphatic rings. The van der Waals surface area contributed by atoms with Crippen molar-refractivity contribution in [2.45, 2.75) is 25.7 Å². The minimum Gasteiger partial charge on any atom is -0.495 e. The van der Waals surface area contributed by atoms with Crippen molar-refractivity contribution >= 4 is 15.9 Å². The molecule has 112 valence electrons. The van der Waals surface area contributed by atoms with Gasteiger partial charge in [-0.25, -0.2) is 13.6 Å². The molecule has 0 aliphatic heterocycles. The fourth-order valence-corrected chi connectivity index (χ4v) is 2.21. The van der Waals surface area contributed by atoms with Crippen LogP contribution in [0.2, 0.25) is 0 Å². The molecule has 0 atom stereocenters. The van der Waals surface area contributed by atoms with E-state index in [1.807, 2.05) is 20.8 Å². The predicted molar refractivity (Wildman–Crippen MR) is 76.2 cm³/mol. The van der Waals surface area contributed by atoms with E-state index in [0.717, 1.165) is 0 Å². The molecule has 7 heteroatoms. The van der Waals surface area contributed by atoms with E-state index in [1.165, 1.54) is 25.3 Å². The first-order valence-electron chi connectivity index (χ1n) is 6.03. The van der Waals surface area contributed by atoms with Crippen molar-refractivity contribution < 1.29 is 17.9 Å². The summed E-state index contributed by atoms with van der Waals surface area (Å²) in [6.45, 7) is 6.42. The molecule has 0 radical (unpaired) electrons. The van der Waals surface area contributed by atoms with Gasteiger partial charge in [-0.2, -0.15) is 0 Å².